The quantitative estimate of drug-likeness (QED) is 0.179. The molecule has 2 heteroatoms. The van der Waals surface area contributed by atoms with E-state index in [9.17, 15) is 0 Å². The van der Waals surface area contributed by atoms with Gasteiger partial charge in [-0.05, 0) is 112 Å². The van der Waals surface area contributed by atoms with Crippen LogP contribution in [0.1, 0.15) is 0 Å². The first-order chi connectivity index (χ1) is 27.3. The Labute approximate surface area is 318 Å². The third-order valence-corrected chi connectivity index (χ3v) is 11.8. The highest BCUT2D eigenvalue weighted by atomic mass is 15.0. The minimum atomic E-state index is 1.11. The summed E-state index contributed by atoms with van der Waals surface area (Å²) < 4.78 is 2.36. The van der Waals surface area contributed by atoms with Crippen LogP contribution < -0.4 is 0 Å². The van der Waals surface area contributed by atoms with Crippen LogP contribution in [0.25, 0.3) is 115 Å². The van der Waals surface area contributed by atoms with E-state index in [1.54, 1.807) is 0 Å². The van der Waals surface area contributed by atoms with Gasteiger partial charge in [-0.1, -0.05) is 158 Å². The van der Waals surface area contributed by atoms with Gasteiger partial charge in [-0.3, -0.25) is 4.98 Å². The van der Waals surface area contributed by atoms with Gasteiger partial charge in [-0.2, -0.15) is 0 Å². The fourth-order valence-corrected chi connectivity index (χ4v) is 9.56. The van der Waals surface area contributed by atoms with Crippen molar-refractivity contribution < 1.29 is 0 Å². The monoisotopic (exact) mass is 696 g/mol. The maximum Gasteiger partial charge on any atom is 0.0724 e. The van der Waals surface area contributed by atoms with E-state index in [-0.39, 0.29) is 0 Å². The van der Waals surface area contributed by atoms with Gasteiger partial charge in [0.05, 0.1) is 17.2 Å². The summed E-state index contributed by atoms with van der Waals surface area (Å²) in [6, 6.07) is 66.9. The summed E-state index contributed by atoms with van der Waals surface area (Å²) >= 11 is 0. The van der Waals surface area contributed by atoms with Crippen LogP contribution in [0.15, 0.2) is 194 Å². The molecule has 0 saturated heterocycles. The topological polar surface area (TPSA) is 17.8 Å². The van der Waals surface area contributed by atoms with E-state index < -0.39 is 0 Å². The zero-order valence-corrected chi connectivity index (χ0v) is 29.9. The molecule has 0 saturated carbocycles. The Hall–Kier alpha value is -7.29. The zero-order chi connectivity index (χ0) is 36.0. The summed E-state index contributed by atoms with van der Waals surface area (Å²) in [5, 5.41) is 10.1. The van der Waals surface area contributed by atoms with E-state index in [0.29, 0.717) is 0 Å². The Morgan fingerprint density at radius 2 is 0.927 bits per heavy atom. The van der Waals surface area contributed by atoms with Gasteiger partial charge in [0.25, 0.3) is 0 Å². The molecule has 1 aliphatic rings. The standard InChI is InChI=1S/C53H32N2/c1-3-13-35(14-4-1)48-41-18-9-10-19-42(41)49(36-15-5-2-6-16-36)53-45-28-27-38(40-20-11-21-44(50(40)45)52(48)53)34-22-25-37(26-23-34)55-46-29-24-33-12-7-8-17-39(33)51(46)43-30-31-54-32-47(43)55/h1-32H. The van der Waals surface area contributed by atoms with Crippen LogP contribution in [0.4, 0.5) is 0 Å². The molecule has 2 aromatic heterocycles. The molecule has 1 aliphatic carbocycles. The fraction of sp³-hybridized carbons (Fsp3) is 0. The number of fused-ring (bicyclic) bond motifs is 9. The second kappa shape index (κ2) is 11.6. The summed E-state index contributed by atoms with van der Waals surface area (Å²) in [6.45, 7) is 0. The molecule has 9 aromatic carbocycles. The normalized spacial score (nSPS) is 12.0. The molecule has 0 atom stereocenters. The summed E-state index contributed by atoms with van der Waals surface area (Å²) in [5.74, 6) is 0. The summed E-state index contributed by atoms with van der Waals surface area (Å²) in [5.41, 5.74) is 16.2. The Kier molecular flexibility index (Phi) is 6.37. The third-order valence-electron chi connectivity index (χ3n) is 11.8. The van der Waals surface area contributed by atoms with Crippen molar-refractivity contribution in [2.24, 2.45) is 0 Å². The third kappa shape index (κ3) is 4.28. The number of hydrogen-bond donors (Lipinski definition) is 0. The molecule has 254 valence electrons. The van der Waals surface area contributed by atoms with Crippen molar-refractivity contribution in [2.45, 2.75) is 0 Å². The molecule has 0 fully saturated rings. The van der Waals surface area contributed by atoms with Crippen LogP contribution in [0.3, 0.4) is 0 Å². The lowest BCUT2D eigenvalue weighted by Gasteiger charge is -2.20. The minimum Gasteiger partial charge on any atom is -0.308 e. The summed E-state index contributed by atoms with van der Waals surface area (Å²) in [4.78, 5) is 4.56. The Morgan fingerprint density at radius 3 is 1.64 bits per heavy atom. The summed E-state index contributed by atoms with van der Waals surface area (Å²) in [7, 11) is 0. The fourth-order valence-electron chi connectivity index (χ4n) is 9.56. The van der Waals surface area contributed by atoms with Crippen LogP contribution in [0.2, 0.25) is 0 Å². The van der Waals surface area contributed by atoms with E-state index in [4.69, 9.17) is 0 Å². The first-order valence-corrected chi connectivity index (χ1v) is 19.0. The highest BCUT2D eigenvalue weighted by Gasteiger charge is 2.31. The van der Waals surface area contributed by atoms with Crippen LogP contribution in [-0.4, -0.2) is 9.55 Å². The number of pyridine rings is 1. The predicted octanol–water partition coefficient (Wildman–Crippen LogP) is 14.3. The van der Waals surface area contributed by atoms with Crippen molar-refractivity contribution in [3.8, 4) is 61.3 Å². The van der Waals surface area contributed by atoms with Crippen LogP contribution in [-0.2, 0) is 0 Å². The number of hydrogen-bond acceptors (Lipinski definition) is 1. The molecular weight excluding hydrogens is 665 g/mol. The van der Waals surface area contributed by atoms with Crippen LogP contribution in [0, 0.1) is 0 Å². The van der Waals surface area contributed by atoms with Crippen molar-refractivity contribution in [2.75, 3.05) is 0 Å². The highest BCUT2D eigenvalue weighted by molar-refractivity contribution is 6.29. The average Bonchev–Trinajstić information content (AvgIpc) is 3.78. The molecule has 55 heavy (non-hydrogen) atoms. The molecule has 0 unspecified atom stereocenters. The molecule has 0 N–H and O–H groups in total. The van der Waals surface area contributed by atoms with Crippen molar-refractivity contribution >= 4 is 54.1 Å². The molecule has 11 aromatic rings. The lowest BCUT2D eigenvalue weighted by atomic mass is 9.82. The Morgan fingerprint density at radius 1 is 0.327 bits per heavy atom. The minimum absolute atomic E-state index is 1.11. The van der Waals surface area contributed by atoms with E-state index in [0.717, 1.165) is 11.2 Å². The van der Waals surface area contributed by atoms with Crippen LogP contribution in [0.5, 0.6) is 0 Å². The average molecular weight is 697 g/mol. The predicted molar refractivity (Wildman–Crippen MR) is 232 cm³/mol. The van der Waals surface area contributed by atoms with Gasteiger partial charge in [-0.25, -0.2) is 0 Å². The van der Waals surface area contributed by atoms with Gasteiger partial charge in [0, 0.05) is 22.7 Å². The molecule has 0 amide bonds. The molecule has 0 spiro atoms. The van der Waals surface area contributed by atoms with Gasteiger partial charge in [0.15, 0.2) is 0 Å². The molecule has 0 radical (unpaired) electrons. The SMILES string of the molecule is c1ccc(-c2c3c(c(-c4ccccc4)c4ccccc24)-c2ccc(-c4ccc(-n5c6cnccc6c6c7ccccc7ccc65)cc4)c4cccc-3c24)cc1. The first-order valence-electron chi connectivity index (χ1n) is 19.0. The number of rotatable bonds is 4. The zero-order valence-electron chi connectivity index (χ0n) is 29.9. The van der Waals surface area contributed by atoms with Crippen molar-refractivity contribution in [3.63, 3.8) is 0 Å². The molecule has 2 heterocycles. The highest BCUT2D eigenvalue weighted by Crippen LogP contribution is 2.58. The molecule has 0 aliphatic heterocycles. The lowest BCUT2D eigenvalue weighted by molar-refractivity contribution is 1.17. The molecule has 12 rings (SSSR count). The van der Waals surface area contributed by atoms with E-state index >= 15 is 0 Å². The Bertz CT molecular complexity index is 3250. The van der Waals surface area contributed by atoms with Gasteiger partial charge < -0.3 is 4.57 Å². The second-order valence-electron chi connectivity index (χ2n) is 14.6. The lowest BCUT2D eigenvalue weighted by Crippen LogP contribution is -1.94. The molecule has 0 bridgehead atoms. The van der Waals surface area contributed by atoms with Gasteiger partial charge in [-0.15, -0.1) is 0 Å². The van der Waals surface area contributed by atoms with E-state index in [1.165, 1.54) is 104 Å². The molecular formula is C53H32N2. The molecule has 2 nitrogen and oxygen atoms in total. The maximum absolute atomic E-state index is 4.56. The van der Waals surface area contributed by atoms with Gasteiger partial charge in [0.1, 0.15) is 0 Å². The maximum atomic E-state index is 4.56. The van der Waals surface area contributed by atoms with Gasteiger partial charge >= 0.3 is 0 Å². The smallest absolute Gasteiger partial charge is 0.0724 e. The van der Waals surface area contributed by atoms with E-state index in [2.05, 4.69) is 192 Å². The largest absolute Gasteiger partial charge is 0.308 e. The number of benzene rings is 9. The summed E-state index contributed by atoms with van der Waals surface area (Å²) in [6.07, 6.45) is 3.90. The van der Waals surface area contributed by atoms with E-state index in [1.807, 2.05) is 12.4 Å². The van der Waals surface area contributed by atoms with Gasteiger partial charge in [0.2, 0.25) is 0 Å². The number of nitrogens with zero attached hydrogens (tertiary/aromatic N) is 2. The first kappa shape index (κ1) is 30.2. The van der Waals surface area contributed by atoms with Crippen molar-refractivity contribution in [1.29, 1.82) is 0 Å². The number of aromatic nitrogens is 2. The van der Waals surface area contributed by atoms with Crippen molar-refractivity contribution in [3.05, 3.63) is 194 Å². The second-order valence-corrected chi connectivity index (χ2v) is 14.6. The Balaban J connectivity index is 1.08. The van der Waals surface area contributed by atoms with Crippen LogP contribution >= 0.6 is 0 Å². The van der Waals surface area contributed by atoms with Crippen molar-refractivity contribution in [1.82, 2.24) is 9.55 Å².